The van der Waals surface area contributed by atoms with Crippen molar-refractivity contribution >= 4 is 29.4 Å². The van der Waals surface area contributed by atoms with Crippen molar-refractivity contribution in [3.05, 3.63) is 65.7 Å². The van der Waals surface area contributed by atoms with Crippen molar-refractivity contribution < 1.29 is 28.7 Å². The van der Waals surface area contributed by atoms with Crippen LogP contribution in [-0.4, -0.2) is 42.1 Å². The molecular formula is C26H31N3O6. The van der Waals surface area contributed by atoms with Gasteiger partial charge in [0.25, 0.3) is 0 Å². The Labute approximate surface area is 204 Å². The summed E-state index contributed by atoms with van der Waals surface area (Å²) in [7, 11) is 0. The number of cyclic esters (lactones) is 1. The van der Waals surface area contributed by atoms with Gasteiger partial charge < -0.3 is 25.4 Å². The standard InChI is InChI=1S/C26H31N3O6/c1-16(27-23(32)24(33)28-19-13-9-8-12-18(19)26(2,3)4)22(31)29-20-14-21(30)35-25(20)34-15-17-10-6-5-7-11-17/h5-13,16,20,25H,14-15H2,1-4H3,(H,27,32)(H,28,33)(H,29,31)/t16-,20-,25?/m0/s1. The number of amides is 3. The second kappa shape index (κ2) is 11.1. The maximum absolute atomic E-state index is 12.6. The van der Waals surface area contributed by atoms with E-state index in [1.165, 1.54) is 6.92 Å². The second-order valence-electron chi connectivity index (χ2n) is 9.42. The number of para-hydroxylation sites is 1. The van der Waals surface area contributed by atoms with E-state index in [0.29, 0.717) is 5.69 Å². The highest BCUT2D eigenvalue weighted by Crippen LogP contribution is 2.29. The smallest absolute Gasteiger partial charge is 0.313 e. The number of anilines is 1. The third kappa shape index (κ3) is 7.13. The van der Waals surface area contributed by atoms with Gasteiger partial charge in [-0.1, -0.05) is 69.3 Å². The molecule has 9 nitrogen and oxygen atoms in total. The maximum atomic E-state index is 12.6. The van der Waals surface area contributed by atoms with Crippen molar-refractivity contribution in [2.75, 3.05) is 5.32 Å². The van der Waals surface area contributed by atoms with Crippen LogP contribution in [-0.2, 0) is 40.7 Å². The molecule has 0 bridgehead atoms. The zero-order valence-corrected chi connectivity index (χ0v) is 20.3. The number of ether oxygens (including phenoxy) is 2. The first-order valence-electron chi connectivity index (χ1n) is 11.4. The molecule has 3 N–H and O–H groups in total. The summed E-state index contributed by atoms with van der Waals surface area (Å²) < 4.78 is 10.8. The molecule has 1 saturated heterocycles. The molecule has 9 heteroatoms. The van der Waals surface area contributed by atoms with Crippen LogP contribution in [0.5, 0.6) is 0 Å². The van der Waals surface area contributed by atoms with Crippen LogP contribution in [0.3, 0.4) is 0 Å². The number of nitrogens with one attached hydrogen (secondary N) is 3. The van der Waals surface area contributed by atoms with Crippen molar-refractivity contribution in [1.29, 1.82) is 0 Å². The molecule has 2 aromatic carbocycles. The Balaban J connectivity index is 1.54. The number of hydrogen-bond acceptors (Lipinski definition) is 6. The Kier molecular flexibility index (Phi) is 8.24. The Morgan fingerprint density at radius 1 is 1.03 bits per heavy atom. The fourth-order valence-corrected chi connectivity index (χ4v) is 3.62. The van der Waals surface area contributed by atoms with Crippen LogP contribution in [0, 0.1) is 0 Å². The predicted octanol–water partition coefficient (Wildman–Crippen LogP) is 2.40. The van der Waals surface area contributed by atoms with Crippen LogP contribution in [0.1, 0.15) is 45.2 Å². The normalized spacial score (nSPS) is 18.3. The molecule has 1 fully saturated rings. The van der Waals surface area contributed by atoms with Gasteiger partial charge in [0.1, 0.15) is 12.1 Å². The molecule has 186 valence electrons. The Bertz CT molecular complexity index is 1080. The van der Waals surface area contributed by atoms with E-state index in [1.807, 2.05) is 63.2 Å². The van der Waals surface area contributed by atoms with Crippen LogP contribution in [0.4, 0.5) is 5.69 Å². The summed E-state index contributed by atoms with van der Waals surface area (Å²) in [6, 6.07) is 14.8. The monoisotopic (exact) mass is 481 g/mol. The van der Waals surface area contributed by atoms with Gasteiger partial charge in [-0.05, 0) is 29.5 Å². The quantitative estimate of drug-likeness (QED) is 0.412. The highest BCUT2D eigenvalue weighted by Gasteiger charge is 2.37. The molecule has 1 aliphatic rings. The SMILES string of the molecule is C[C@H](NC(=O)C(=O)Nc1ccccc1C(C)(C)C)C(=O)N[C@H]1CC(=O)OC1OCc1ccccc1. The highest BCUT2D eigenvalue weighted by molar-refractivity contribution is 6.40. The van der Waals surface area contributed by atoms with Crippen molar-refractivity contribution in [1.82, 2.24) is 10.6 Å². The molecule has 0 saturated carbocycles. The molecule has 2 aromatic rings. The van der Waals surface area contributed by atoms with Gasteiger partial charge >= 0.3 is 17.8 Å². The van der Waals surface area contributed by atoms with E-state index >= 15 is 0 Å². The first-order valence-corrected chi connectivity index (χ1v) is 11.4. The molecule has 1 unspecified atom stereocenters. The minimum atomic E-state index is -1.03. The van der Waals surface area contributed by atoms with Crippen LogP contribution in [0.2, 0.25) is 0 Å². The van der Waals surface area contributed by atoms with Crippen LogP contribution < -0.4 is 16.0 Å². The fourth-order valence-electron chi connectivity index (χ4n) is 3.62. The Hall–Kier alpha value is -3.72. The third-order valence-corrected chi connectivity index (χ3v) is 5.48. The number of hydrogen-bond donors (Lipinski definition) is 3. The number of carbonyl (C=O) groups excluding carboxylic acids is 4. The minimum Gasteiger partial charge on any atom is -0.433 e. The van der Waals surface area contributed by atoms with Crippen LogP contribution in [0.15, 0.2) is 54.6 Å². The Morgan fingerprint density at radius 2 is 1.69 bits per heavy atom. The molecule has 1 aliphatic heterocycles. The van der Waals surface area contributed by atoms with Gasteiger partial charge in [0.15, 0.2) is 0 Å². The van der Waals surface area contributed by atoms with E-state index in [9.17, 15) is 19.2 Å². The molecule has 3 atom stereocenters. The lowest BCUT2D eigenvalue weighted by molar-refractivity contribution is -0.168. The summed E-state index contributed by atoms with van der Waals surface area (Å²) in [4.78, 5) is 49.3. The zero-order chi connectivity index (χ0) is 25.6. The fraction of sp³-hybridized carbons (Fsp3) is 0.385. The number of rotatable bonds is 7. The van der Waals surface area contributed by atoms with Gasteiger partial charge in [0.2, 0.25) is 12.2 Å². The van der Waals surface area contributed by atoms with Crippen LogP contribution >= 0.6 is 0 Å². The first-order chi connectivity index (χ1) is 16.5. The minimum absolute atomic E-state index is 0.0596. The summed E-state index contributed by atoms with van der Waals surface area (Å²) in [5, 5.41) is 7.66. The molecule has 0 radical (unpaired) electrons. The molecule has 0 aliphatic carbocycles. The predicted molar refractivity (Wildman–Crippen MR) is 129 cm³/mol. The highest BCUT2D eigenvalue weighted by atomic mass is 16.7. The van der Waals surface area contributed by atoms with Crippen molar-refractivity contribution in [3.63, 3.8) is 0 Å². The molecule has 0 aromatic heterocycles. The second-order valence-corrected chi connectivity index (χ2v) is 9.42. The summed E-state index contributed by atoms with van der Waals surface area (Å²) >= 11 is 0. The van der Waals surface area contributed by atoms with Gasteiger partial charge in [0, 0.05) is 5.69 Å². The zero-order valence-electron chi connectivity index (χ0n) is 20.3. The van der Waals surface area contributed by atoms with E-state index in [2.05, 4.69) is 16.0 Å². The van der Waals surface area contributed by atoms with E-state index in [0.717, 1.165) is 11.1 Å². The summed E-state index contributed by atoms with van der Waals surface area (Å²) in [6.07, 6.45) is -1.01. The van der Waals surface area contributed by atoms with Crippen molar-refractivity contribution in [2.45, 2.75) is 64.5 Å². The van der Waals surface area contributed by atoms with E-state index in [-0.39, 0.29) is 18.4 Å². The molecule has 3 rings (SSSR count). The average molecular weight is 482 g/mol. The van der Waals surface area contributed by atoms with Crippen molar-refractivity contribution in [3.8, 4) is 0 Å². The molecular weight excluding hydrogens is 450 g/mol. The lowest BCUT2D eigenvalue weighted by Crippen LogP contribution is -2.52. The third-order valence-electron chi connectivity index (χ3n) is 5.48. The van der Waals surface area contributed by atoms with Gasteiger partial charge in [-0.3, -0.25) is 19.2 Å². The van der Waals surface area contributed by atoms with E-state index in [4.69, 9.17) is 9.47 Å². The number of esters is 1. The first kappa shape index (κ1) is 25.9. The van der Waals surface area contributed by atoms with Gasteiger partial charge in [0.05, 0.1) is 13.0 Å². The average Bonchev–Trinajstić information content (AvgIpc) is 3.16. The molecule has 1 heterocycles. The number of benzene rings is 2. The van der Waals surface area contributed by atoms with E-state index < -0.39 is 42.1 Å². The lowest BCUT2D eigenvalue weighted by atomic mass is 9.86. The summed E-state index contributed by atoms with van der Waals surface area (Å²) in [5.74, 6) is -2.91. The maximum Gasteiger partial charge on any atom is 0.313 e. The van der Waals surface area contributed by atoms with E-state index in [1.54, 1.807) is 12.1 Å². The molecule has 0 spiro atoms. The molecule has 3 amide bonds. The molecule has 35 heavy (non-hydrogen) atoms. The lowest BCUT2D eigenvalue weighted by Gasteiger charge is -2.23. The summed E-state index contributed by atoms with van der Waals surface area (Å²) in [5.41, 5.74) is 2.05. The number of carbonyl (C=O) groups is 4. The largest absolute Gasteiger partial charge is 0.433 e. The van der Waals surface area contributed by atoms with Gasteiger partial charge in [-0.15, -0.1) is 0 Å². The van der Waals surface area contributed by atoms with Gasteiger partial charge in [-0.25, -0.2) is 0 Å². The summed E-state index contributed by atoms with van der Waals surface area (Å²) in [6.45, 7) is 7.64. The van der Waals surface area contributed by atoms with Crippen molar-refractivity contribution in [2.24, 2.45) is 0 Å². The van der Waals surface area contributed by atoms with Gasteiger partial charge in [-0.2, -0.15) is 0 Å². The Morgan fingerprint density at radius 3 is 2.37 bits per heavy atom. The van der Waals surface area contributed by atoms with Crippen LogP contribution in [0.25, 0.3) is 0 Å². The topological polar surface area (TPSA) is 123 Å².